The molecule has 0 aromatic carbocycles. The quantitative estimate of drug-likeness (QED) is 0.757. The van der Waals surface area contributed by atoms with Gasteiger partial charge in [0.2, 0.25) is 0 Å². The van der Waals surface area contributed by atoms with Crippen LogP contribution in [0.1, 0.15) is 19.3 Å². The van der Waals surface area contributed by atoms with Crippen molar-refractivity contribution in [1.82, 2.24) is 8.05 Å². The Kier molecular flexibility index (Phi) is 3.89. The number of carboxylic acid groups (broad SMARTS) is 1. The number of piperidine rings is 1. The molecule has 0 bridgehead atoms. The third kappa shape index (κ3) is 2.47. The van der Waals surface area contributed by atoms with Gasteiger partial charge in [-0.05, 0) is 0 Å². The molecule has 0 amide bonds. The van der Waals surface area contributed by atoms with Crippen molar-refractivity contribution < 1.29 is 9.90 Å². The fraction of sp³-hybridized carbons (Fsp3) is 0.900. The number of rotatable bonds is 3. The molecule has 0 aromatic heterocycles. The van der Waals surface area contributed by atoms with Crippen LogP contribution in [0.5, 0.6) is 0 Å². The van der Waals surface area contributed by atoms with E-state index in [1.165, 1.54) is 6.42 Å². The standard InChI is InChI=1S/C10H18N2O2Te/c1-15-11-6-8(7-11)12-5-3-2-4-9(12)10(13)14/h8-9H,2-7H2,1H3,(H,13,14). The van der Waals surface area contributed by atoms with E-state index in [4.69, 9.17) is 5.11 Å². The van der Waals surface area contributed by atoms with Crippen LogP contribution in [0.25, 0.3) is 0 Å². The van der Waals surface area contributed by atoms with Gasteiger partial charge in [0.1, 0.15) is 0 Å². The maximum atomic E-state index is 11.1. The molecule has 0 aliphatic carbocycles. The van der Waals surface area contributed by atoms with Crippen molar-refractivity contribution in [3.63, 3.8) is 0 Å². The summed E-state index contributed by atoms with van der Waals surface area (Å²) >= 11 is 0.0514. The van der Waals surface area contributed by atoms with Gasteiger partial charge in [-0.1, -0.05) is 0 Å². The second-order valence-corrected chi connectivity index (χ2v) is 6.79. The molecule has 86 valence electrons. The molecule has 15 heavy (non-hydrogen) atoms. The summed E-state index contributed by atoms with van der Waals surface area (Å²) in [6, 6.07) is 0.319. The zero-order valence-corrected chi connectivity index (χ0v) is 11.4. The van der Waals surface area contributed by atoms with Gasteiger partial charge in [0, 0.05) is 0 Å². The molecular weight excluding hydrogens is 308 g/mol. The second kappa shape index (κ2) is 5.01. The minimum atomic E-state index is -0.624. The molecule has 0 saturated carbocycles. The van der Waals surface area contributed by atoms with Gasteiger partial charge in [-0.3, -0.25) is 0 Å². The van der Waals surface area contributed by atoms with Crippen LogP contribution in [0.3, 0.4) is 0 Å². The summed E-state index contributed by atoms with van der Waals surface area (Å²) in [4.78, 5) is 15.6. The van der Waals surface area contributed by atoms with E-state index < -0.39 is 5.97 Å². The summed E-state index contributed by atoms with van der Waals surface area (Å²) in [6.45, 7) is 3.21. The molecule has 0 aromatic rings. The van der Waals surface area contributed by atoms with E-state index in [0.717, 1.165) is 32.5 Å². The van der Waals surface area contributed by atoms with E-state index in [9.17, 15) is 4.79 Å². The van der Waals surface area contributed by atoms with E-state index in [2.05, 4.69) is 13.0 Å². The molecule has 5 heteroatoms. The number of aliphatic carboxylic acids is 1. The molecular formula is C10H18N2O2Te. The van der Waals surface area contributed by atoms with Crippen molar-refractivity contribution in [2.24, 2.45) is 0 Å². The topological polar surface area (TPSA) is 43.8 Å². The molecule has 4 nitrogen and oxygen atoms in total. The van der Waals surface area contributed by atoms with Gasteiger partial charge in [-0.25, -0.2) is 0 Å². The number of nitrogens with zero attached hydrogens (tertiary/aromatic N) is 2. The molecule has 1 N–H and O–H groups in total. The van der Waals surface area contributed by atoms with Crippen LogP contribution < -0.4 is 0 Å². The molecule has 2 heterocycles. The van der Waals surface area contributed by atoms with Crippen LogP contribution in [-0.2, 0) is 4.79 Å². The molecule has 2 aliphatic heterocycles. The van der Waals surface area contributed by atoms with Gasteiger partial charge in [0.15, 0.2) is 0 Å². The average molecular weight is 326 g/mol. The molecule has 1 atom stereocenters. The van der Waals surface area contributed by atoms with Crippen molar-refractivity contribution in [3.8, 4) is 0 Å². The van der Waals surface area contributed by atoms with Crippen LogP contribution in [-0.4, -0.2) is 72.0 Å². The van der Waals surface area contributed by atoms with Crippen molar-refractivity contribution in [2.45, 2.75) is 36.3 Å². The summed E-state index contributed by atoms with van der Waals surface area (Å²) in [5.74, 6) is -0.624. The van der Waals surface area contributed by atoms with E-state index in [-0.39, 0.29) is 27.2 Å². The Labute approximate surface area is 101 Å². The summed E-state index contributed by atoms with van der Waals surface area (Å²) in [7, 11) is 0. The maximum absolute atomic E-state index is 11.1. The molecule has 2 fully saturated rings. The number of likely N-dealkylation sites (tertiary alicyclic amines) is 1. The van der Waals surface area contributed by atoms with Crippen molar-refractivity contribution >= 4 is 27.2 Å². The summed E-state index contributed by atoms with van der Waals surface area (Å²) in [5.41, 5.74) is 0. The third-order valence-electron chi connectivity index (χ3n) is 3.39. The second-order valence-electron chi connectivity index (χ2n) is 4.27. The number of carbonyl (C=O) groups is 1. The van der Waals surface area contributed by atoms with E-state index >= 15 is 0 Å². The molecule has 1 unspecified atom stereocenters. The van der Waals surface area contributed by atoms with Gasteiger partial charge in [-0.2, -0.15) is 0 Å². The summed E-state index contributed by atoms with van der Waals surface area (Å²) < 4.78 is 2.49. The molecule has 2 saturated heterocycles. The van der Waals surface area contributed by atoms with Crippen molar-refractivity contribution in [2.75, 3.05) is 19.6 Å². The molecule has 2 rings (SSSR count). The van der Waals surface area contributed by atoms with Crippen LogP contribution in [0.2, 0.25) is 4.97 Å². The molecule has 0 radical (unpaired) electrons. The van der Waals surface area contributed by atoms with Crippen LogP contribution in [0, 0.1) is 0 Å². The zero-order chi connectivity index (χ0) is 10.8. The predicted molar refractivity (Wildman–Crippen MR) is 59.0 cm³/mol. The monoisotopic (exact) mass is 328 g/mol. The minimum absolute atomic E-state index is 0.0514. The first kappa shape index (κ1) is 11.7. The number of hydrogen-bond donors (Lipinski definition) is 1. The summed E-state index contributed by atoms with van der Waals surface area (Å²) in [6.07, 6.45) is 3.09. The van der Waals surface area contributed by atoms with Crippen molar-refractivity contribution in [3.05, 3.63) is 0 Å². The van der Waals surface area contributed by atoms with Crippen LogP contribution >= 0.6 is 0 Å². The van der Waals surface area contributed by atoms with Gasteiger partial charge in [0.25, 0.3) is 0 Å². The van der Waals surface area contributed by atoms with Crippen LogP contribution in [0.4, 0.5) is 0 Å². The van der Waals surface area contributed by atoms with Gasteiger partial charge < -0.3 is 0 Å². The van der Waals surface area contributed by atoms with Crippen molar-refractivity contribution in [1.29, 1.82) is 0 Å². The Morgan fingerprint density at radius 3 is 2.73 bits per heavy atom. The Balaban J connectivity index is 1.91. The van der Waals surface area contributed by atoms with E-state index in [0.29, 0.717) is 6.04 Å². The fourth-order valence-corrected chi connectivity index (χ4v) is 4.26. The normalized spacial score (nSPS) is 30.1. The Morgan fingerprint density at radius 1 is 1.40 bits per heavy atom. The van der Waals surface area contributed by atoms with Gasteiger partial charge >= 0.3 is 101 Å². The molecule has 0 spiro atoms. The van der Waals surface area contributed by atoms with E-state index in [1.54, 1.807) is 0 Å². The Bertz CT molecular complexity index is 244. The first-order chi connectivity index (χ1) is 7.22. The Morgan fingerprint density at radius 2 is 2.13 bits per heavy atom. The molecule has 2 aliphatic rings. The number of hydrogen-bond acceptors (Lipinski definition) is 3. The first-order valence-electron chi connectivity index (χ1n) is 5.50. The average Bonchev–Trinajstić information content (AvgIpc) is 2.16. The third-order valence-corrected chi connectivity index (χ3v) is 5.71. The predicted octanol–water partition coefficient (Wildman–Crippen LogP) is 0.277. The van der Waals surface area contributed by atoms with Crippen LogP contribution in [0.15, 0.2) is 0 Å². The first-order valence-corrected chi connectivity index (χ1v) is 8.87. The summed E-state index contributed by atoms with van der Waals surface area (Å²) in [5, 5.41) is 9.15. The fourth-order valence-electron chi connectivity index (χ4n) is 2.43. The van der Waals surface area contributed by atoms with Gasteiger partial charge in [0.05, 0.1) is 0 Å². The zero-order valence-electron chi connectivity index (χ0n) is 9.06. The van der Waals surface area contributed by atoms with E-state index in [1.807, 2.05) is 0 Å². The SMILES string of the molecule is C[Te]N1CC(N2CCCCC2C(=O)O)C1. The van der Waals surface area contributed by atoms with Gasteiger partial charge in [-0.15, -0.1) is 0 Å². The number of carboxylic acids is 1. The Hall–Kier alpha value is 0.180.